The molecule has 1 aliphatic heterocycles. The van der Waals surface area contributed by atoms with E-state index < -0.39 is 0 Å². The first kappa shape index (κ1) is 27.4. The lowest BCUT2D eigenvalue weighted by molar-refractivity contribution is 0.409. The summed E-state index contributed by atoms with van der Waals surface area (Å²) in [6.45, 7) is 12.9. The number of hydrogen-bond donors (Lipinski definition) is 0. The molecule has 0 amide bonds. The van der Waals surface area contributed by atoms with Gasteiger partial charge in [-0.2, -0.15) is 0 Å². The maximum Gasteiger partial charge on any atom is 0.225 e. The Balaban J connectivity index is 0. The van der Waals surface area contributed by atoms with E-state index in [0.29, 0.717) is 5.02 Å². The van der Waals surface area contributed by atoms with E-state index in [4.69, 9.17) is 15.8 Å². The lowest BCUT2D eigenvalue weighted by Gasteiger charge is -2.26. The van der Waals surface area contributed by atoms with Crippen LogP contribution in [0, 0.1) is 0 Å². The number of aromatic nitrogens is 2. The van der Waals surface area contributed by atoms with E-state index in [1.54, 1.807) is 12.4 Å². The van der Waals surface area contributed by atoms with Crippen LogP contribution in [0.25, 0.3) is 0 Å². The van der Waals surface area contributed by atoms with Crippen molar-refractivity contribution in [3.8, 4) is 0 Å². The highest BCUT2D eigenvalue weighted by Crippen LogP contribution is 2.16. The third-order valence-electron chi connectivity index (χ3n) is 2.76. The van der Waals surface area contributed by atoms with Gasteiger partial charge in [0.2, 0.25) is 5.95 Å². The van der Waals surface area contributed by atoms with Crippen LogP contribution in [0.3, 0.4) is 0 Å². The molecule has 1 saturated heterocycles. The summed E-state index contributed by atoms with van der Waals surface area (Å²) in [6, 6.07) is 0. The summed E-state index contributed by atoms with van der Waals surface area (Å²) in [5, 5.41) is 0.598. The number of halogens is 2. The second kappa shape index (κ2) is 22.3. The van der Waals surface area contributed by atoms with Crippen molar-refractivity contribution < 1.29 is 4.18 Å². The third kappa shape index (κ3) is 18.8. The molecule has 4 nitrogen and oxygen atoms in total. The average Bonchev–Trinajstić information content (AvgIpc) is 3.57. The molecule has 1 aromatic rings. The van der Waals surface area contributed by atoms with Gasteiger partial charge in [0.25, 0.3) is 0 Å². The second-order valence-corrected chi connectivity index (χ2v) is 6.66. The van der Waals surface area contributed by atoms with Crippen LogP contribution >= 0.6 is 42.0 Å². The van der Waals surface area contributed by atoms with Gasteiger partial charge in [-0.1, -0.05) is 58.6 Å². The lowest BCUT2D eigenvalue weighted by Crippen LogP contribution is -2.30. The molecule has 2 aliphatic rings. The van der Waals surface area contributed by atoms with Crippen LogP contribution in [0.2, 0.25) is 5.02 Å². The zero-order chi connectivity index (χ0) is 19.3. The van der Waals surface area contributed by atoms with E-state index in [1.807, 2.05) is 34.6 Å². The Hall–Kier alpha value is 0.210. The minimum atomic E-state index is 0.598. The Morgan fingerprint density at radius 3 is 1.76 bits per heavy atom. The first-order valence-corrected chi connectivity index (χ1v) is 13.1. The molecule has 0 unspecified atom stereocenters. The van der Waals surface area contributed by atoms with Gasteiger partial charge in [0.15, 0.2) is 0 Å². The van der Waals surface area contributed by atoms with Gasteiger partial charge in [-0.15, -0.1) is 0 Å². The Morgan fingerprint density at radius 2 is 1.44 bits per heavy atom. The van der Waals surface area contributed by atoms with Crippen LogP contribution in [0.5, 0.6) is 0 Å². The van der Waals surface area contributed by atoms with E-state index in [-0.39, 0.29) is 0 Å². The minimum absolute atomic E-state index is 0.598. The van der Waals surface area contributed by atoms with E-state index in [1.165, 1.54) is 47.7 Å². The predicted octanol–water partition coefficient (Wildman–Crippen LogP) is 7.36. The first-order valence-electron chi connectivity index (χ1n) is 9.40. The molecule has 2 fully saturated rings. The summed E-state index contributed by atoms with van der Waals surface area (Å²) in [4.78, 5) is 10.6. The molecule has 2 heterocycles. The summed E-state index contributed by atoms with van der Waals surface area (Å²) in [6.07, 6.45) is 11.6. The Kier molecular flexibility index (Phi) is 24.4. The molecule has 7 heteroatoms. The van der Waals surface area contributed by atoms with Gasteiger partial charge in [-0.25, -0.2) is 9.97 Å². The zero-order valence-electron chi connectivity index (χ0n) is 16.4. The fraction of sp³-hybridized carbons (Fsp3) is 0.778. The first-order chi connectivity index (χ1) is 12.3. The highest BCUT2D eigenvalue weighted by molar-refractivity contribution is 14.2. The molecule has 148 valence electrons. The van der Waals surface area contributed by atoms with E-state index in [9.17, 15) is 0 Å². The average molecular weight is 504 g/mol. The molecular formula is C18H35ClIN3OS. The molecule has 1 aromatic heterocycles. The topological polar surface area (TPSA) is 38.2 Å². The number of piperidine rings is 1. The summed E-state index contributed by atoms with van der Waals surface area (Å²) in [7, 11) is 1.37. The van der Waals surface area contributed by atoms with Gasteiger partial charge in [-0.3, -0.25) is 0 Å². The summed E-state index contributed by atoms with van der Waals surface area (Å²) in [5.41, 5.74) is 0. The Bertz CT molecular complexity index is 359. The van der Waals surface area contributed by atoms with Gasteiger partial charge in [0, 0.05) is 34.3 Å². The molecule has 0 N–H and O–H groups in total. The molecule has 0 aromatic carbocycles. The van der Waals surface area contributed by atoms with Crippen molar-refractivity contribution in [1.29, 1.82) is 0 Å². The molecule has 0 spiro atoms. The van der Waals surface area contributed by atoms with Crippen LogP contribution in [-0.2, 0) is 4.18 Å². The van der Waals surface area contributed by atoms with E-state index in [2.05, 4.69) is 36.1 Å². The van der Waals surface area contributed by atoms with Gasteiger partial charge in [-0.05, 0) is 26.2 Å². The van der Waals surface area contributed by atoms with Crippen LogP contribution < -0.4 is 4.90 Å². The maximum absolute atomic E-state index is 5.71. The van der Waals surface area contributed by atoms with Crippen LogP contribution in [0.15, 0.2) is 12.4 Å². The van der Waals surface area contributed by atoms with E-state index in [0.717, 1.165) is 25.6 Å². The molecule has 1 aliphatic carbocycles. The van der Waals surface area contributed by atoms with Crippen molar-refractivity contribution in [2.75, 3.05) is 24.6 Å². The fourth-order valence-electron chi connectivity index (χ4n) is 1.61. The van der Waals surface area contributed by atoms with Crippen molar-refractivity contribution in [1.82, 2.24) is 9.97 Å². The number of nitrogens with zero attached hydrogens (tertiary/aromatic N) is 3. The van der Waals surface area contributed by atoms with Crippen molar-refractivity contribution in [3.05, 3.63) is 17.4 Å². The number of anilines is 1. The SMILES string of the molecule is C1CC1.CC.CC.CCOSI.Clc1cnc(N2CCCCC2)nc1. The largest absolute Gasteiger partial charge is 0.341 e. The van der Waals surface area contributed by atoms with E-state index >= 15 is 0 Å². The summed E-state index contributed by atoms with van der Waals surface area (Å²) < 4.78 is 4.74. The van der Waals surface area contributed by atoms with Crippen LogP contribution in [0.4, 0.5) is 5.95 Å². The summed E-state index contributed by atoms with van der Waals surface area (Å²) in [5.74, 6) is 0.809. The van der Waals surface area contributed by atoms with Crippen LogP contribution in [-0.4, -0.2) is 29.7 Å². The minimum Gasteiger partial charge on any atom is -0.341 e. The highest BCUT2D eigenvalue weighted by atomic mass is 127. The summed E-state index contributed by atoms with van der Waals surface area (Å²) >= 11 is 7.79. The van der Waals surface area contributed by atoms with Crippen molar-refractivity contribution in [3.63, 3.8) is 0 Å². The third-order valence-corrected chi connectivity index (χ3v) is 4.04. The standard InChI is InChI=1S/C9H12ClN3.C3H6.C2H5IOS.2C2H6/c10-8-6-11-9(12-7-8)13-4-2-1-3-5-13;1-2-3-1;1-2-4-5-3;2*1-2/h6-7H,1-5H2;1-3H2;2H2,1H3;2*1-2H3. The maximum atomic E-state index is 5.71. The smallest absolute Gasteiger partial charge is 0.225 e. The normalized spacial score (nSPS) is 14.1. The van der Waals surface area contributed by atoms with Crippen molar-refractivity contribution in [2.24, 2.45) is 0 Å². The van der Waals surface area contributed by atoms with Gasteiger partial charge >= 0.3 is 0 Å². The predicted molar refractivity (Wildman–Crippen MR) is 123 cm³/mol. The Labute approximate surface area is 176 Å². The van der Waals surface area contributed by atoms with Gasteiger partial charge in [0.05, 0.1) is 33.2 Å². The number of rotatable bonds is 3. The highest BCUT2D eigenvalue weighted by Gasteiger charge is 2.12. The lowest BCUT2D eigenvalue weighted by atomic mass is 10.1. The van der Waals surface area contributed by atoms with Crippen LogP contribution in [0.1, 0.15) is 73.1 Å². The molecule has 1 saturated carbocycles. The second-order valence-electron chi connectivity index (χ2n) is 4.78. The molecule has 0 bridgehead atoms. The fourth-order valence-corrected chi connectivity index (χ4v) is 2.56. The van der Waals surface area contributed by atoms with Crippen molar-refractivity contribution in [2.45, 2.75) is 73.1 Å². The quantitative estimate of drug-likeness (QED) is 0.318. The van der Waals surface area contributed by atoms with Gasteiger partial charge < -0.3 is 9.08 Å². The molecule has 0 atom stereocenters. The van der Waals surface area contributed by atoms with Crippen molar-refractivity contribution >= 4 is 48.0 Å². The van der Waals surface area contributed by atoms with Gasteiger partial charge in [0.1, 0.15) is 0 Å². The molecule has 25 heavy (non-hydrogen) atoms. The molecule has 3 rings (SSSR count). The monoisotopic (exact) mass is 503 g/mol. The molecule has 0 radical (unpaired) electrons. The zero-order valence-corrected chi connectivity index (χ0v) is 20.2. The number of hydrogen-bond acceptors (Lipinski definition) is 5. The Morgan fingerprint density at radius 1 is 1.00 bits per heavy atom. The molecular weight excluding hydrogens is 469 g/mol.